The molecule has 62 valence electrons. The second-order valence-electron chi connectivity index (χ2n) is 2.32. The zero-order valence-corrected chi connectivity index (χ0v) is 6.27. The Bertz CT molecular complexity index is 153. The topological polar surface area (TPSA) is 38.7 Å². The molecule has 11 heavy (non-hydrogen) atoms. The fourth-order valence-electron chi connectivity index (χ4n) is 0.930. The van der Waals surface area contributed by atoms with Crippen molar-refractivity contribution in [3.8, 4) is 0 Å². The van der Waals surface area contributed by atoms with Crippen LogP contribution in [-0.2, 0) is 9.47 Å². The molecule has 1 aliphatic rings. The van der Waals surface area contributed by atoms with Gasteiger partial charge in [0.2, 0.25) is 0 Å². The van der Waals surface area contributed by atoms with Crippen LogP contribution < -0.4 is 0 Å². The zero-order chi connectivity index (χ0) is 8.10. The maximum atomic E-state index is 8.35. The second kappa shape index (κ2) is 4.16. The van der Waals surface area contributed by atoms with Crippen molar-refractivity contribution in [2.45, 2.75) is 18.8 Å². The van der Waals surface area contributed by atoms with Crippen LogP contribution in [0.4, 0.5) is 0 Å². The van der Waals surface area contributed by atoms with E-state index in [1.165, 1.54) is 0 Å². The fourth-order valence-corrected chi connectivity index (χ4v) is 0.930. The molecular formula is C8H12O3. The predicted molar refractivity (Wildman–Crippen MR) is 41.2 cm³/mol. The molecule has 2 atom stereocenters. The van der Waals surface area contributed by atoms with Crippen molar-refractivity contribution in [3.05, 3.63) is 25.0 Å². The third-order valence-electron chi connectivity index (χ3n) is 1.47. The van der Waals surface area contributed by atoms with E-state index >= 15 is 0 Å². The maximum Gasteiger partial charge on any atom is 0.177 e. The summed E-state index contributed by atoms with van der Waals surface area (Å²) in [6, 6.07) is 0. The second-order valence-corrected chi connectivity index (χ2v) is 2.32. The summed E-state index contributed by atoms with van der Waals surface area (Å²) in [5.41, 5.74) is 0. The predicted octanol–water partition coefficient (Wildman–Crippen LogP) is 1.38. The Labute approximate surface area is 65.9 Å². The number of ether oxygens (including phenoxy) is 2. The number of hydrogen-bond acceptors (Lipinski definition) is 3. The van der Waals surface area contributed by atoms with Crippen molar-refractivity contribution < 1.29 is 14.6 Å². The van der Waals surface area contributed by atoms with Crippen LogP contribution in [0.1, 0.15) is 6.42 Å². The van der Waals surface area contributed by atoms with Gasteiger partial charge in [-0.05, 0) is 18.6 Å². The van der Waals surface area contributed by atoms with Crippen LogP contribution in [0.2, 0.25) is 0 Å². The van der Waals surface area contributed by atoms with E-state index in [1.54, 1.807) is 12.2 Å². The molecule has 0 aliphatic carbocycles. The first-order valence-corrected chi connectivity index (χ1v) is 3.55. The lowest BCUT2D eigenvalue weighted by Gasteiger charge is -2.04. The van der Waals surface area contributed by atoms with E-state index in [1.807, 2.05) is 0 Å². The van der Waals surface area contributed by atoms with E-state index in [0.29, 0.717) is 13.0 Å². The van der Waals surface area contributed by atoms with Crippen molar-refractivity contribution in [3.63, 3.8) is 0 Å². The number of rotatable bonds is 3. The van der Waals surface area contributed by atoms with E-state index in [4.69, 9.17) is 14.6 Å². The Balaban J connectivity index is 2.24. The van der Waals surface area contributed by atoms with Gasteiger partial charge in [0.15, 0.2) is 6.29 Å². The van der Waals surface area contributed by atoms with Crippen LogP contribution in [-0.4, -0.2) is 24.1 Å². The molecule has 0 saturated carbocycles. The van der Waals surface area contributed by atoms with Crippen molar-refractivity contribution in [2.24, 2.45) is 0 Å². The van der Waals surface area contributed by atoms with Crippen LogP contribution in [0, 0.1) is 0 Å². The monoisotopic (exact) mass is 156 g/mol. The van der Waals surface area contributed by atoms with Crippen molar-refractivity contribution >= 4 is 0 Å². The molecule has 0 amide bonds. The van der Waals surface area contributed by atoms with Gasteiger partial charge < -0.3 is 14.6 Å². The molecular weight excluding hydrogens is 144 g/mol. The molecule has 1 aliphatic heterocycles. The molecule has 0 aromatic heterocycles. The van der Waals surface area contributed by atoms with Gasteiger partial charge in [-0.15, -0.1) is 0 Å². The van der Waals surface area contributed by atoms with E-state index < -0.39 is 0 Å². The molecule has 1 N–H and O–H groups in total. The number of aliphatic hydroxyl groups excluding tert-OH is 1. The molecule has 0 radical (unpaired) electrons. The number of hydrogen-bond donors (Lipinski definition) is 1. The Morgan fingerprint density at radius 3 is 3.00 bits per heavy atom. The first-order valence-electron chi connectivity index (χ1n) is 3.55. The lowest BCUT2D eigenvalue weighted by atomic mass is 10.3. The van der Waals surface area contributed by atoms with Crippen LogP contribution in [0.25, 0.3) is 0 Å². The molecule has 0 bridgehead atoms. The molecule has 0 spiro atoms. The van der Waals surface area contributed by atoms with E-state index in [0.717, 1.165) is 6.26 Å². The molecule has 1 saturated heterocycles. The van der Waals surface area contributed by atoms with Gasteiger partial charge in [0.05, 0.1) is 19.0 Å². The van der Waals surface area contributed by atoms with Crippen molar-refractivity contribution in [1.82, 2.24) is 0 Å². The molecule has 1 rings (SSSR count). The van der Waals surface area contributed by atoms with Crippen molar-refractivity contribution in [1.29, 1.82) is 0 Å². The molecule has 3 heteroatoms. The summed E-state index contributed by atoms with van der Waals surface area (Å²) >= 11 is 0. The summed E-state index contributed by atoms with van der Waals surface area (Å²) in [6.45, 7) is 4.11. The van der Waals surface area contributed by atoms with Crippen LogP contribution >= 0.6 is 0 Å². The third-order valence-corrected chi connectivity index (χ3v) is 1.47. The van der Waals surface area contributed by atoms with Crippen LogP contribution in [0.15, 0.2) is 25.0 Å². The quantitative estimate of drug-likeness (QED) is 0.495. The fraction of sp³-hybridized carbons (Fsp3) is 0.500. The third kappa shape index (κ3) is 2.37. The Kier molecular flexibility index (Phi) is 3.14. The lowest BCUT2D eigenvalue weighted by Crippen LogP contribution is -2.09. The highest BCUT2D eigenvalue weighted by Gasteiger charge is 2.21. The first-order chi connectivity index (χ1) is 5.36. The largest absolute Gasteiger partial charge is 0.516 e. The minimum atomic E-state index is -0.271. The van der Waals surface area contributed by atoms with E-state index in [2.05, 4.69) is 6.58 Å². The maximum absolute atomic E-state index is 8.35. The summed E-state index contributed by atoms with van der Waals surface area (Å²) in [5.74, 6) is 0. The van der Waals surface area contributed by atoms with E-state index in [9.17, 15) is 0 Å². The highest BCUT2D eigenvalue weighted by molar-refractivity contribution is 4.83. The SMILES string of the molecule is C=CC1OCC(CC=CO)O1. The summed E-state index contributed by atoms with van der Waals surface area (Å²) in [5, 5.41) is 8.35. The van der Waals surface area contributed by atoms with Gasteiger partial charge in [-0.1, -0.05) is 6.58 Å². The minimum Gasteiger partial charge on any atom is -0.516 e. The summed E-state index contributed by atoms with van der Waals surface area (Å²) in [7, 11) is 0. The van der Waals surface area contributed by atoms with Gasteiger partial charge in [-0.3, -0.25) is 0 Å². The van der Waals surface area contributed by atoms with Gasteiger partial charge in [-0.25, -0.2) is 0 Å². The zero-order valence-electron chi connectivity index (χ0n) is 6.27. The molecule has 3 nitrogen and oxygen atoms in total. The molecule has 1 heterocycles. The summed E-state index contributed by atoms with van der Waals surface area (Å²) in [6.07, 6.45) is 4.74. The summed E-state index contributed by atoms with van der Waals surface area (Å²) in [4.78, 5) is 0. The first kappa shape index (κ1) is 8.30. The Morgan fingerprint density at radius 1 is 1.64 bits per heavy atom. The van der Waals surface area contributed by atoms with Gasteiger partial charge in [0.25, 0.3) is 0 Å². The van der Waals surface area contributed by atoms with Gasteiger partial charge >= 0.3 is 0 Å². The average Bonchev–Trinajstić information content (AvgIpc) is 2.48. The molecule has 1 fully saturated rings. The molecule has 2 unspecified atom stereocenters. The highest BCUT2D eigenvalue weighted by atomic mass is 16.7. The molecule has 0 aromatic rings. The van der Waals surface area contributed by atoms with Gasteiger partial charge in [0, 0.05) is 0 Å². The molecule has 0 aromatic carbocycles. The average molecular weight is 156 g/mol. The minimum absolute atomic E-state index is 0.0569. The van der Waals surface area contributed by atoms with Gasteiger partial charge in [-0.2, -0.15) is 0 Å². The van der Waals surface area contributed by atoms with Gasteiger partial charge in [0.1, 0.15) is 0 Å². The normalized spacial score (nSPS) is 31.3. The summed E-state index contributed by atoms with van der Waals surface area (Å²) < 4.78 is 10.5. The van der Waals surface area contributed by atoms with E-state index in [-0.39, 0.29) is 12.4 Å². The van der Waals surface area contributed by atoms with Crippen LogP contribution in [0.3, 0.4) is 0 Å². The highest BCUT2D eigenvalue weighted by Crippen LogP contribution is 2.14. The Hall–Kier alpha value is -0.800. The standard InChI is InChI=1S/C8H12O3/c1-2-8-10-6-7(11-8)4-3-5-9/h2-3,5,7-9H,1,4,6H2. The smallest absolute Gasteiger partial charge is 0.177 e. The Morgan fingerprint density at radius 2 is 2.45 bits per heavy atom. The number of aliphatic hydroxyl groups is 1. The van der Waals surface area contributed by atoms with Crippen LogP contribution in [0.5, 0.6) is 0 Å². The van der Waals surface area contributed by atoms with Crippen molar-refractivity contribution in [2.75, 3.05) is 6.61 Å². The lowest BCUT2D eigenvalue weighted by molar-refractivity contribution is -0.0186.